The minimum Gasteiger partial charge on any atom is -0.478 e. The quantitative estimate of drug-likeness (QED) is 0.585. The van der Waals surface area contributed by atoms with Gasteiger partial charge in [-0.25, -0.2) is 9.78 Å². The maximum Gasteiger partial charge on any atom is 0.335 e. The zero-order valence-corrected chi connectivity index (χ0v) is 10.5. The lowest BCUT2D eigenvalue weighted by Crippen LogP contribution is -1.94. The number of hydrogen-bond acceptors (Lipinski definition) is 5. The van der Waals surface area contributed by atoms with Crippen LogP contribution >= 0.6 is 0 Å². The van der Waals surface area contributed by atoms with Gasteiger partial charge in [0.15, 0.2) is 5.58 Å². The molecule has 0 aliphatic rings. The summed E-state index contributed by atoms with van der Waals surface area (Å²) in [4.78, 5) is 25.2. The number of nitro groups is 1. The summed E-state index contributed by atoms with van der Waals surface area (Å²) in [5.41, 5.74) is 1.49. The van der Waals surface area contributed by atoms with Crippen molar-refractivity contribution in [1.29, 1.82) is 0 Å². The molecule has 2 aromatic carbocycles. The molecule has 21 heavy (non-hydrogen) atoms. The normalized spacial score (nSPS) is 10.7. The molecule has 0 aliphatic heterocycles. The Balaban J connectivity index is 2.04. The van der Waals surface area contributed by atoms with Crippen LogP contribution < -0.4 is 0 Å². The highest BCUT2D eigenvalue weighted by atomic mass is 16.6. The number of carboxylic acid groups (broad SMARTS) is 1. The number of carbonyl (C=O) groups is 1. The monoisotopic (exact) mass is 284 g/mol. The van der Waals surface area contributed by atoms with Crippen molar-refractivity contribution in [2.24, 2.45) is 0 Å². The van der Waals surface area contributed by atoms with E-state index in [1.165, 1.54) is 30.3 Å². The molecular formula is C14H8N2O5. The van der Waals surface area contributed by atoms with Gasteiger partial charge in [0.05, 0.1) is 10.5 Å². The van der Waals surface area contributed by atoms with Crippen molar-refractivity contribution >= 4 is 22.8 Å². The molecule has 7 heteroatoms. The van der Waals surface area contributed by atoms with E-state index in [2.05, 4.69) is 4.98 Å². The van der Waals surface area contributed by atoms with E-state index < -0.39 is 10.9 Å². The zero-order valence-electron chi connectivity index (χ0n) is 10.5. The maximum absolute atomic E-state index is 10.8. The van der Waals surface area contributed by atoms with E-state index in [1.807, 2.05) is 0 Å². The number of carboxylic acids is 1. The van der Waals surface area contributed by atoms with Crippen LogP contribution in [0.5, 0.6) is 0 Å². The molecule has 0 unspecified atom stereocenters. The number of oxazole rings is 1. The van der Waals surface area contributed by atoms with E-state index in [1.54, 1.807) is 12.1 Å². The molecule has 0 radical (unpaired) electrons. The molecule has 0 saturated heterocycles. The Hall–Kier alpha value is -3.22. The van der Waals surface area contributed by atoms with Crippen LogP contribution in [0, 0.1) is 10.1 Å². The first-order chi connectivity index (χ1) is 10.0. The summed E-state index contributed by atoms with van der Waals surface area (Å²) in [7, 11) is 0. The van der Waals surface area contributed by atoms with Crippen LogP contribution in [0.4, 0.5) is 5.69 Å². The summed E-state index contributed by atoms with van der Waals surface area (Å²) in [6, 6.07) is 10.2. The fourth-order valence-corrected chi connectivity index (χ4v) is 1.91. The van der Waals surface area contributed by atoms with Gasteiger partial charge < -0.3 is 9.52 Å². The van der Waals surface area contributed by atoms with Gasteiger partial charge in [-0.15, -0.1) is 0 Å². The summed E-state index contributed by atoms with van der Waals surface area (Å²) in [6.07, 6.45) is 0. The van der Waals surface area contributed by atoms with E-state index >= 15 is 0 Å². The van der Waals surface area contributed by atoms with Gasteiger partial charge in [-0.2, -0.15) is 0 Å². The Morgan fingerprint density at radius 1 is 1.19 bits per heavy atom. The van der Waals surface area contributed by atoms with E-state index in [9.17, 15) is 14.9 Å². The molecular weight excluding hydrogens is 276 g/mol. The minimum absolute atomic E-state index is 0.0661. The lowest BCUT2D eigenvalue weighted by atomic mass is 10.1. The second kappa shape index (κ2) is 4.71. The van der Waals surface area contributed by atoms with Crippen LogP contribution in [0.3, 0.4) is 0 Å². The average Bonchev–Trinajstić information content (AvgIpc) is 2.90. The van der Waals surface area contributed by atoms with Crippen LogP contribution in [0.1, 0.15) is 10.4 Å². The first-order valence-corrected chi connectivity index (χ1v) is 5.93. The van der Waals surface area contributed by atoms with E-state index in [0.717, 1.165) is 0 Å². The number of benzene rings is 2. The zero-order chi connectivity index (χ0) is 15.0. The third-order valence-electron chi connectivity index (χ3n) is 2.96. The summed E-state index contributed by atoms with van der Waals surface area (Å²) < 4.78 is 5.51. The van der Waals surface area contributed by atoms with Crippen LogP contribution in [-0.2, 0) is 0 Å². The number of non-ortho nitro benzene ring substituents is 1. The predicted octanol–water partition coefficient (Wildman–Crippen LogP) is 3.10. The van der Waals surface area contributed by atoms with Crippen LogP contribution in [0.2, 0.25) is 0 Å². The highest BCUT2D eigenvalue weighted by molar-refractivity contribution is 5.88. The smallest absolute Gasteiger partial charge is 0.335 e. The maximum atomic E-state index is 10.8. The van der Waals surface area contributed by atoms with Crippen LogP contribution in [0.15, 0.2) is 46.9 Å². The minimum atomic E-state index is -1.02. The highest BCUT2D eigenvalue weighted by Gasteiger charge is 2.13. The largest absolute Gasteiger partial charge is 0.478 e. The van der Waals surface area contributed by atoms with E-state index in [0.29, 0.717) is 16.7 Å². The van der Waals surface area contributed by atoms with E-state index in [-0.39, 0.29) is 17.1 Å². The van der Waals surface area contributed by atoms with Gasteiger partial charge in [-0.1, -0.05) is 0 Å². The molecule has 1 N–H and O–H groups in total. The van der Waals surface area contributed by atoms with Crippen molar-refractivity contribution in [3.63, 3.8) is 0 Å². The topological polar surface area (TPSA) is 106 Å². The second-order valence-electron chi connectivity index (χ2n) is 4.31. The summed E-state index contributed by atoms with van der Waals surface area (Å²) in [6.45, 7) is 0. The fraction of sp³-hybridized carbons (Fsp3) is 0. The Labute approximate surface area is 117 Å². The number of rotatable bonds is 3. The van der Waals surface area contributed by atoms with Crippen molar-refractivity contribution in [3.8, 4) is 11.5 Å². The van der Waals surface area contributed by atoms with Gasteiger partial charge in [0.2, 0.25) is 5.89 Å². The molecule has 0 amide bonds. The number of fused-ring (bicyclic) bond motifs is 1. The molecule has 1 aromatic heterocycles. The molecule has 0 atom stereocenters. The molecule has 7 nitrogen and oxygen atoms in total. The Morgan fingerprint density at radius 3 is 2.52 bits per heavy atom. The molecule has 3 rings (SSSR count). The molecule has 0 saturated carbocycles. The Bertz CT molecular complexity index is 851. The van der Waals surface area contributed by atoms with Gasteiger partial charge >= 0.3 is 5.97 Å². The summed E-state index contributed by atoms with van der Waals surface area (Å²) in [5, 5.41) is 19.6. The second-order valence-corrected chi connectivity index (χ2v) is 4.31. The molecule has 0 spiro atoms. The van der Waals surface area contributed by atoms with Gasteiger partial charge in [-0.3, -0.25) is 10.1 Å². The van der Waals surface area contributed by atoms with Gasteiger partial charge in [-0.05, 0) is 30.3 Å². The third kappa shape index (κ3) is 2.32. The van der Waals surface area contributed by atoms with Crippen LogP contribution in [-0.4, -0.2) is 21.0 Å². The number of aromatic nitrogens is 1. The lowest BCUT2D eigenvalue weighted by molar-refractivity contribution is -0.384. The Morgan fingerprint density at radius 2 is 1.90 bits per heavy atom. The predicted molar refractivity (Wildman–Crippen MR) is 73.1 cm³/mol. The highest BCUT2D eigenvalue weighted by Crippen LogP contribution is 2.27. The van der Waals surface area contributed by atoms with Crippen molar-refractivity contribution in [2.75, 3.05) is 0 Å². The summed E-state index contributed by atoms with van der Waals surface area (Å²) in [5.74, 6) is -0.739. The molecule has 104 valence electrons. The fourth-order valence-electron chi connectivity index (χ4n) is 1.91. The van der Waals surface area contributed by atoms with Crippen LogP contribution in [0.25, 0.3) is 22.6 Å². The standard InChI is InChI=1S/C14H8N2O5/c17-14(18)9-3-1-8(2-4-9)13-15-11-7-10(16(19)20)5-6-12(11)21-13/h1-7H,(H,17,18). The van der Waals surface area contributed by atoms with Crippen molar-refractivity contribution in [3.05, 3.63) is 58.1 Å². The number of hydrogen-bond donors (Lipinski definition) is 1. The lowest BCUT2D eigenvalue weighted by Gasteiger charge is -1.96. The SMILES string of the molecule is O=C(O)c1ccc(-c2nc3cc([N+](=O)[O-])ccc3o2)cc1. The van der Waals surface area contributed by atoms with Crippen molar-refractivity contribution in [2.45, 2.75) is 0 Å². The van der Waals surface area contributed by atoms with E-state index in [4.69, 9.17) is 9.52 Å². The third-order valence-corrected chi connectivity index (χ3v) is 2.96. The van der Waals surface area contributed by atoms with Gasteiger partial charge in [0.25, 0.3) is 5.69 Å². The first-order valence-electron chi connectivity index (χ1n) is 5.93. The first kappa shape index (κ1) is 12.8. The van der Waals surface area contributed by atoms with Gasteiger partial charge in [0.1, 0.15) is 5.52 Å². The average molecular weight is 284 g/mol. The van der Waals surface area contributed by atoms with Gasteiger partial charge in [0, 0.05) is 17.7 Å². The number of nitro benzene ring substituents is 1. The molecule has 3 aromatic rings. The Kier molecular flexibility index (Phi) is 2.87. The van der Waals surface area contributed by atoms with Crippen molar-refractivity contribution in [1.82, 2.24) is 4.98 Å². The summed E-state index contributed by atoms with van der Waals surface area (Å²) >= 11 is 0. The van der Waals surface area contributed by atoms with Crippen molar-refractivity contribution < 1.29 is 19.2 Å². The number of aromatic carboxylic acids is 1. The molecule has 0 fully saturated rings. The molecule has 0 aliphatic carbocycles. The molecule has 0 bridgehead atoms. The number of nitrogens with zero attached hydrogens (tertiary/aromatic N) is 2. The molecule has 1 heterocycles.